The molecule has 0 aliphatic heterocycles. The third-order valence-electron chi connectivity index (χ3n) is 4.18. The summed E-state index contributed by atoms with van der Waals surface area (Å²) >= 11 is 0. The Balaban J connectivity index is 2.33. The fraction of sp³-hybridized carbons (Fsp3) is 0.526. The van der Waals surface area contributed by atoms with Crippen molar-refractivity contribution in [3.8, 4) is 11.3 Å². The van der Waals surface area contributed by atoms with Crippen LogP contribution < -0.4 is 10.6 Å². The second-order valence-electron chi connectivity index (χ2n) is 6.56. The van der Waals surface area contributed by atoms with Gasteiger partial charge in [0.25, 0.3) is 0 Å². The Morgan fingerprint density at radius 3 is 2.67 bits per heavy atom. The first-order valence-electron chi connectivity index (χ1n) is 9.04. The Bertz CT molecular complexity index is 715. The summed E-state index contributed by atoms with van der Waals surface area (Å²) in [5.74, 6) is 0.746. The summed E-state index contributed by atoms with van der Waals surface area (Å²) in [6, 6.07) is 4.84. The first-order chi connectivity index (χ1) is 12.8. The first-order valence-corrected chi connectivity index (χ1v) is 9.04. The van der Waals surface area contributed by atoms with Gasteiger partial charge in [-0.3, -0.25) is 0 Å². The highest BCUT2D eigenvalue weighted by molar-refractivity contribution is 5.79. The molecule has 27 heavy (non-hydrogen) atoms. The van der Waals surface area contributed by atoms with Crippen molar-refractivity contribution in [2.24, 2.45) is 0 Å². The lowest BCUT2D eigenvalue weighted by Crippen LogP contribution is -2.27. The minimum atomic E-state index is -4.22. The molecule has 0 unspecified atom stereocenters. The molecule has 0 radical (unpaired) electrons. The second kappa shape index (κ2) is 9.64. The number of aromatic nitrogens is 2. The number of nitrogens with one attached hydrogen (secondary N) is 3. The average molecular weight is 384 g/mol. The van der Waals surface area contributed by atoms with Crippen molar-refractivity contribution in [3.63, 3.8) is 0 Å². The van der Waals surface area contributed by atoms with Gasteiger partial charge in [0.1, 0.15) is 12.6 Å². The number of halogens is 3. The highest BCUT2D eigenvalue weighted by Gasteiger charge is 2.32. The number of aryl methyl sites for hydroxylation is 1. The van der Waals surface area contributed by atoms with Crippen LogP contribution in [0.25, 0.3) is 11.3 Å². The van der Waals surface area contributed by atoms with Gasteiger partial charge in [-0.25, -0.2) is 4.98 Å². The van der Waals surface area contributed by atoms with Crippen LogP contribution in [0.15, 0.2) is 24.4 Å². The van der Waals surface area contributed by atoms with Crippen molar-refractivity contribution in [1.82, 2.24) is 9.97 Å². The smallest absolute Gasteiger partial charge is 0.381 e. The monoisotopic (exact) mass is 384 g/mol. The molecule has 0 aliphatic rings. The Kier molecular flexibility index (Phi) is 7.53. The normalized spacial score (nSPS) is 12.8. The van der Waals surface area contributed by atoms with Gasteiger partial charge >= 0.3 is 6.18 Å². The average Bonchev–Trinajstić information content (AvgIpc) is 3.03. The summed E-state index contributed by atoms with van der Waals surface area (Å²) < 4.78 is 44.1. The fourth-order valence-electron chi connectivity index (χ4n) is 2.90. The Hall–Kier alpha value is -2.22. The molecule has 0 amide bonds. The summed E-state index contributed by atoms with van der Waals surface area (Å²) in [4.78, 5) is 7.34. The molecule has 0 saturated heterocycles. The van der Waals surface area contributed by atoms with Gasteiger partial charge in [-0.15, -0.1) is 0 Å². The molecular weight excluding hydrogens is 357 g/mol. The van der Waals surface area contributed by atoms with E-state index < -0.39 is 18.6 Å². The number of nitrogens with zero attached hydrogens (tertiary/aromatic N) is 1. The van der Waals surface area contributed by atoms with E-state index in [-0.39, 0.29) is 0 Å². The maximum atomic E-state index is 13.0. The summed E-state index contributed by atoms with van der Waals surface area (Å²) in [5.41, 5.74) is 2.93. The Morgan fingerprint density at radius 1 is 1.30 bits per heavy atom. The minimum absolute atomic E-state index is 0.309. The fourth-order valence-corrected chi connectivity index (χ4v) is 2.90. The first kappa shape index (κ1) is 21.1. The number of benzene rings is 1. The summed E-state index contributed by atoms with van der Waals surface area (Å²) in [7, 11) is 1.57. The van der Waals surface area contributed by atoms with E-state index in [0.29, 0.717) is 18.8 Å². The van der Waals surface area contributed by atoms with E-state index in [2.05, 4.69) is 20.6 Å². The molecular formula is C19H27F3N4O. The standard InChI is InChI=1S/C19H27F3N4O/c1-4-5-6-15(10-19(20,21)22)26-17-9-14(24-12-27-3)7-8-16(17)18-11-23-13(2)25-18/h7-9,11,15,24,26H,4-6,10,12H2,1-3H3,(H,23,25)/t15-/m0/s1. The lowest BCUT2D eigenvalue weighted by molar-refractivity contribution is -0.137. The maximum absolute atomic E-state index is 13.0. The van der Waals surface area contributed by atoms with Crippen LogP contribution in [-0.2, 0) is 4.74 Å². The number of methoxy groups -OCH3 is 1. The number of rotatable bonds is 10. The van der Waals surface area contributed by atoms with Crippen LogP contribution in [-0.4, -0.2) is 36.0 Å². The zero-order valence-electron chi connectivity index (χ0n) is 15.9. The van der Waals surface area contributed by atoms with Crippen LogP contribution in [0.3, 0.4) is 0 Å². The molecule has 0 fully saturated rings. The van der Waals surface area contributed by atoms with E-state index in [0.717, 1.165) is 35.6 Å². The molecule has 1 aromatic heterocycles. The molecule has 0 saturated carbocycles. The van der Waals surface area contributed by atoms with Gasteiger partial charge in [-0.05, 0) is 31.5 Å². The van der Waals surface area contributed by atoms with Crippen LogP contribution in [0.5, 0.6) is 0 Å². The number of imidazole rings is 1. The number of H-pyrrole nitrogens is 1. The minimum Gasteiger partial charge on any atom is -0.381 e. The molecule has 2 aromatic rings. The number of anilines is 2. The molecule has 0 spiro atoms. The van der Waals surface area contributed by atoms with Crippen LogP contribution in [0, 0.1) is 6.92 Å². The molecule has 0 bridgehead atoms. The number of hydrogen-bond acceptors (Lipinski definition) is 4. The second-order valence-corrected chi connectivity index (χ2v) is 6.56. The van der Waals surface area contributed by atoms with Crippen molar-refractivity contribution in [1.29, 1.82) is 0 Å². The van der Waals surface area contributed by atoms with Crippen molar-refractivity contribution >= 4 is 11.4 Å². The highest BCUT2D eigenvalue weighted by atomic mass is 19.4. The van der Waals surface area contributed by atoms with Crippen molar-refractivity contribution < 1.29 is 17.9 Å². The van der Waals surface area contributed by atoms with Crippen LogP contribution in [0.2, 0.25) is 0 Å². The molecule has 8 heteroatoms. The van der Waals surface area contributed by atoms with Gasteiger partial charge in [0.15, 0.2) is 0 Å². The number of unbranched alkanes of at least 4 members (excludes halogenated alkanes) is 1. The molecule has 5 nitrogen and oxygen atoms in total. The number of alkyl halides is 3. The Morgan fingerprint density at radius 2 is 2.07 bits per heavy atom. The zero-order valence-corrected chi connectivity index (χ0v) is 15.9. The maximum Gasteiger partial charge on any atom is 0.391 e. The van der Waals surface area contributed by atoms with Gasteiger partial charge in [0.05, 0.1) is 18.3 Å². The van der Waals surface area contributed by atoms with Gasteiger partial charge in [0, 0.05) is 30.1 Å². The molecule has 3 N–H and O–H groups in total. The zero-order chi connectivity index (χ0) is 19.9. The third kappa shape index (κ3) is 6.78. The summed E-state index contributed by atoms with van der Waals surface area (Å²) in [6.07, 6.45) is -1.38. The van der Waals surface area contributed by atoms with E-state index >= 15 is 0 Å². The molecule has 150 valence electrons. The number of hydrogen-bond donors (Lipinski definition) is 3. The van der Waals surface area contributed by atoms with E-state index in [1.807, 2.05) is 26.0 Å². The molecule has 1 aromatic carbocycles. The van der Waals surface area contributed by atoms with Crippen molar-refractivity contribution in [2.75, 3.05) is 24.5 Å². The third-order valence-corrected chi connectivity index (χ3v) is 4.18. The topological polar surface area (TPSA) is 62.0 Å². The molecule has 2 rings (SSSR count). The van der Waals surface area contributed by atoms with Crippen LogP contribution in [0.4, 0.5) is 24.5 Å². The predicted molar refractivity (Wildman–Crippen MR) is 102 cm³/mol. The SMILES string of the molecule is CCCC[C@@H](CC(F)(F)F)Nc1cc(NCOC)ccc1-c1cnc(C)[nH]1. The van der Waals surface area contributed by atoms with Gasteiger partial charge in [0.2, 0.25) is 0 Å². The lowest BCUT2D eigenvalue weighted by atomic mass is 10.0. The summed E-state index contributed by atoms with van der Waals surface area (Å²) in [6.45, 7) is 4.11. The van der Waals surface area contributed by atoms with Crippen molar-refractivity contribution in [2.45, 2.75) is 51.7 Å². The Labute approximate surface area is 157 Å². The molecule has 0 aliphatic carbocycles. The van der Waals surface area contributed by atoms with E-state index in [1.54, 1.807) is 19.4 Å². The van der Waals surface area contributed by atoms with Crippen molar-refractivity contribution in [3.05, 3.63) is 30.2 Å². The van der Waals surface area contributed by atoms with E-state index in [4.69, 9.17) is 4.74 Å². The number of ether oxygens (including phenoxy) is 1. The van der Waals surface area contributed by atoms with Crippen LogP contribution in [0.1, 0.15) is 38.4 Å². The lowest BCUT2D eigenvalue weighted by Gasteiger charge is -2.23. The summed E-state index contributed by atoms with van der Waals surface area (Å²) in [5, 5.41) is 6.19. The van der Waals surface area contributed by atoms with Crippen LogP contribution >= 0.6 is 0 Å². The predicted octanol–water partition coefficient (Wildman–Crippen LogP) is 5.32. The highest BCUT2D eigenvalue weighted by Crippen LogP contribution is 2.33. The van der Waals surface area contributed by atoms with E-state index in [1.165, 1.54) is 0 Å². The largest absolute Gasteiger partial charge is 0.391 e. The van der Waals surface area contributed by atoms with Gasteiger partial charge < -0.3 is 20.4 Å². The number of aromatic amines is 1. The van der Waals surface area contributed by atoms with Gasteiger partial charge in [-0.2, -0.15) is 13.2 Å². The quantitative estimate of drug-likeness (QED) is 0.485. The molecule has 1 atom stereocenters. The van der Waals surface area contributed by atoms with E-state index in [9.17, 15) is 13.2 Å². The molecule has 1 heterocycles. The van der Waals surface area contributed by atoms with Gasteiger partial charge in [-0.1, -0.05) is 19.8 Å².